The largest absolute Gasteiger partial charge is 0.357 e. The Balaban J connectivity index is 0.00000288. The Bertz CT molecular complexity index is 654. The molecule has 0 aliphatic carbocycles. The summed E-state index contributed by atoms with van der Waals surface area (Å²) < 4.78 is 0. The van der Waals surface area contributed by atoms with Crippen LogP contribution in [0.2, 0.25) is 0 Å². The van der Waals surface area contributed by atoms with Crippen LogP contribution in [-0.2, 0) is 13.0 Å². The van der Waals surface area contributed by atoms with E-state index in [1.807, 2.05) is 6.92 Å². The van der Waals surface area contributed by atoms with E-state index in [2.05, 4.69) is 65.7 Å². The minimum absolute atomic E-state index is 0. The quantitative estimate of drug-likeness (QED) is 0.404. The lowest BCUT2D eigenvalue weighted by atomic mass is 10.1. The van der Waals surface area contributed by atoms with Crippen LogP contribution in [0.25, 0.3) is 0 Å². The van der Waals surface area contributed by atoms with E-state index in [0.717, 1.165) is 42.7 Å². The van der Waals surface area contributed by atoms with E-state index in [0.29, 0.717) is 0 Å². The zero-order valence-electron chi connectivity index (χ0n) is 14.9. The average molecular weight is 458 g/mol. The van der Waals surface area contributed by atoms with E-state index in [1.54, 1.807) is 11.3 Å². The Morgan fingerprint density at radius 1 is 1.29 bits per heavy atom. The van der Waals surface area contributed by atoms with Gasteiger partial charge in [0.2, 0.25) is 0 Å². The van der Waals surface area contributed by atoms with Crippen LogP contribution in [-0.4, -0.2) is 36.0 Å². The summed E-state index contributed by atoms with van der Waals surface area (Å²) in [5.41, 5.74) is 3.79. The van der Waals surface area contributed by atoms with Gasteiger partial charge in [-0.25, -0.2) is 4.98 Å². The maximum absolute atomic E-state index is 4.76. The van der Waals surface area contributed by atoms with Crippen molar-refractivity contribution in [2.24, 2.45) is 4.99 Å². The van der Waals surface area contributed by atoms with Crippen LogP contribution in [0.3, 0.4) is 0 Å². The molecule has 0 aliphatic heterocycles. The zero-order valence-corrected chi connectivity index (χ0v) is 18.0. The van der Waals surface area contributed by atoms with Gasteiger partial charge in [0.25, 0.3) is 0 Å². The minimum atomic E-state index is 0. The Morgan fingerprint density at radius 2 is 2.04 bits per heavy atom. The van der Waals surface area contributed by atoms with E-state index in [9.17, 15) is 0 Å². The SMILES string of the molecule is CCNC(=NCCc1ccccc1C)N(C)Cc1csc(C)n1.I. The molecule has 6 heteroatoms. The smallest absolute Gasteiger partial charge is 0.194 e. The molecule has 1 aromatic carbocycles. The first-order valence-corrected chi connectivity index (χ1v) is 8.93. The van der Waals surface area contributed by atoms with Gasteiger partial charge in [0, 0.05) is 25.5 Å². The van der Waals surface area contributed by atoms with Crippen molar-refractivity contribution in [3.63, 3.8) is 0 Å². The van der Waals surface area contributed by atoms with Crippen LogP contribution in [0.1, 0.15) is 28.8 Å². The molecule has 132 valence electrons. The van der Waals surface area contributed by atoms with Crippen molar-refractivity contribution in [2.45, 2.75) is 33.7 Å². The fraction of sp³-hybridized carbons (Fsp3) is 0.444. The second kappa shape index (κ2) is 10.7. The molecule has 0 saturated carbocycles. The van der Waals surface area contributed by atoms with Crippen LogP contribution < -0.4 is 5.32 Å². The molecule has 0 spiro atoms. The van der Waals surface area contributed by atoms with Crippen molar-refractivity contribution in [2.75, 3.05) is 20.1 Å². The maximum Gasteiger partial charge on any atom is 0.194 e. The van der Waals surface area contributed by atoms with Crippen LogP contribution in [0.4, 0.5) is 0 Å². The Morgan fingerprint density at radius 3 is 2.67 bits per heavy atom. The molecule has 2 aromatic rings. The van der Waals surface area contributed by atoms with Crippen LogP contribution in [0.15, 0.2) is 34.6 Å². The molecule has 4 nitrogen and oxygen atoms in total. The summed E-state index contributed by atoms with van der Waals surface area (Å²) in [6.07, 6.45) is 0.964. The first-order chi connectivity index (χ1) is 11.1. The van der Waals surface area contributed by atoms with Gasteiger partial charge in [-0.3, -0.25) is 4.99 Å². The third-order valence-corrected chi connectivity index (χ3v) is 4.49. The van der Waals surface area contributed by atoms with Crippen LogP contribution in [0.5, 0.6) is 0 Å². The summed E-state index contributed by atoms with van der Waals surface area (Å²) in [7, 11) is 2.06. The number of hydrogen-bond acceptors (Lipinski definition) is 3. The number of benzene rings is 1. The third-order valence-electron chi connectivity index (χ3n) is 3.67. The number of rotatable bonds is 6. The monoisotopic (exact) mass is 458 g/mol. The molecule has 1 aromatic heterocycles. The predicted octanol–water partition coefficient (Wildman–Crippen LogP) is 4.02. The van der Waals surface area contributed by atoms with Crippen molar-refractivity contribution in [1.82, 2.24) is 15.2 Å². The molecular formula is C18H27IN4S. The highest BCUT2D eigenvalue weighted by molar-refractivity contribution is 14.0. The topological polar surface area (TPSA) is 40.5 Å². The number of halogens is 1. The maximum atomic E-state index is 4.76. The van der Waals surface area contributed by atoms with Crippen LogP contribution >= 0.6 is 35.3 Å². The predicted molar refractivity (Wildman–Crippen MR) is 115 cm³/mol. The molecule has 1 N–H and O–H groups in total. The first-order valence-electron chi connectivity index (χ1n) is 8.05. The standard InChI is InChI=1S/C18H26N4S.HI/c1-5-19-18(22(4)12-17-13-23-15(3)21-17)20-11-10-16-9-7-6-8-14(16)2;/h6-9,13H,5,10-12H2,1-4H3,(H,19,20);1H. The van der Waals surface area contributed by atoms with Gasteiger partial charge >= 0.3 is 0 Å². The Labute approximate surface area is 166 Å². The lowest BCUT2D eigenvalue weighted by Gasteiger charge is -2.21. The van der Waals surface area contributed by atoms with Gasteiger partial charge in [0.1, 0.15) is 0 Å². The molecule has 2 rings (SSSR count). The summed E-state index contributed by atoms with van der Waals surface area (Å²) in [6.45, 7) is 8.71. The first kappa shape index (κ1) is 20.9. The second-order valence-corrected chi connectivity index (χ2v) is 6.69. The van der Waals surface area contributed by atoms with E-state index >= 15 is 0 Å². The number of aliphatic imine (C=N–C) groups is 1. The zero-order chi connectivity index (χ0) is 16.7. The summed E-state index contributed by atoms with van der Waals surface area (Å²) >= 11 is 1.69. The summed E-state index contributed by atoms with van der Waals surface area (Å²) in [4.78, 5) is 11.4. The van der Waals surface area contributed by atoms with Crippen molar-refractivity contribution < 1.29 is 0 Å². The highest BCUT2D eigenvalue weighted by Crippen LogP contribution is 2.10. The number of thiazole rings is 1. The van der Waals surface area contributed by atoms with Crippen molar-refractivity contribution >= 4 is 41.3 Å². The van der Waals surface area contributed by atoms with Crippen LogP contribution in [0, 0.1) is 13.8 Å². The van der Waals surface area contributed by atoms with Crippen molar-refractivity contribution in [1.29, 1.82) is 0 Å². The molecule has 24 heavy (non-hydrogen) atoms. The van der Waals surface area contributed by atoms with Gasteiger partial charge < -0.3 is 10.2 Å². The molecule has 0 aliphatic rings. The molecule has 0 atom stereocenters. The van der Waals surface area contributed by atoms with Gasteiger partial charge in [-0.1, -0.05) is 24.3 Å². The molecule has 0 amide bonds. The Hall–Kier alpha value is -1.15. The molecular weight excluding hydrogens is 431 g/mol. The highest BCUT2D eigenvalue weighted by atomic mass is 127. The van der Waals surface area contributed by atoms with E-state index in [4.69, 9.17) is 4.99 Å². The molecule has 0 radical (unpaired) electrons. The molecule has 0 unspecified atom stereocenters. The average Bonchev–Trinajstić information content (AvgIpc) is 2.93. The highest BCUT2D eigenvalue weighted by Gasteiger charge is 2.08. The van der Waals surface area contributed by atoms with Gasteiger partial charge in [0.15, 0.2) is 5.96 Å². The number of hydrogen-bond donors (Lipinski definition) is 1. The number of aryl methyl sites for hydroxylation is 2. The molecule has 0 fully saturated rings. The van der Waals surface area contributed by atoms with E-state index < -0.39 is 0 Å². The van der Waals surface area contributed by atoms with Crippen molar-refractivity contribution in [3.05, 3.63) is 51.5 Å². The van der Waals surface area contributed by atoms with Gasteiger partial charge in [0.05, 0.1) is 17.2 Å². The van der Waals surface area contributed by atoms with E-state index in [1.165, 1.54) is 11.1 Å². The Kier molecular flexibility index (Phi) is 9.28. The lowest BCUT2D eigenvalue weighted by Crippen LogP contribution is -2.38. The molecule has 1 heterocycles. The molecule has 0 bridgehead atoms. The normalized spacial score (nSPS) is 11.1. The third kappa shape index (κ3) is 6.39. The number of aromatic nitrogens is 1. The van der Waals surface area contributed by atoms with E-state index in [-0.39, 0.29) is 24.0 Å². The van der Waals surface area contributed by atoms with Gasteiger partial charge in [-0.2, -0.15) is 0 Å². The summed E-state index contributed by atoms with van der Waals surface area (Å²) in [6, 6.07) is 8.50. The van der Waals surface area contributed by atoms with Crippen molar-refractivity contribution in [3.8, 4) is 0 Å². The minimum Gasteiger partial charge on any atom is -0.357 e. The fourth-order valence-corrected chi connectivity index (χ4v) is 3.05. The number of nitrogens with one attached hydrogen (secondary N) is 1. The summed E-state index contributed by atoms with van der Waals surface area (Å²) in [5.74, 6) is 0.937. The van der Waals surface area contributed by atoms with Gasteiger partial charge in [-0.05, 0) is 38.3 Å². The summed E-state index contributed by atoms with van der Waals surface area (Å²) in [5, 5.41) is 6.58. The molecule has 0 saturated heterocycles. The van der Waals surface area contributed by atoms with Gasteiger partial charge in [-0.15, -0.1) is 35.3 Å². The number of nitrogens with zero attached hydrogens (tertiary/aromatic N) is 3. The number of guanidine groups is 1. The second-order valence-electron chi connectivity index (χ2n) is 5.63. The lowest BCUT2D eigenvalue weighted by molar-refractivity contribution is 0.471. The fourth-order valence-electron chi connectivity index (χ4n) is 2.44.